The van der Waals surface area contributed by atoms with Crippen LogP contribution in [-0.4, -0.2) is 40.0 Å². The third kappa shape index (κ3) is 4.60. The normalized spacial score (nSPS) is 13.2. The standard InChI is InChI=1S/C14H21N3O2S/c1-11-9-13(10-15)5-6-14(11)20(18,19)16-12(2)7-8-17(3)4/h5-6,9,12,16H,7-8H2,1-4H3. The molecule has 6 heteroatoms. The number of nitrogens with one attached hydrogen (secondary N) is 1. The molecule has 0 fully saturated rings. The van der Waals surface area contributed by atoms with Crippen molar-refractivity contribution in [3.8, 4) is 6.07 Å². The average Bonchev–Trinajstić information content (AvgIpc) is 2.35. The molecule has 0 saturated carbocycles. The number of sulfonamides is 1. The lowest BCUT2D eigenvalue weighted by molar-refractivity contribution is 0.379. The number of aryl methyl sites for hydroxylation is 1. The van der Waals surface area contributed by atoms with E-state index in [1.165, 1.54) is 12.1 Å². The van der Waals surface area contributed by atoms with Gasteiger partial charge in [-0.2, -0.15) is 5.26 Å². The molecule has 20 heavy (non-hydrogen) atoms. The summed E-state index contributed by atoms with van der Waals surface area (Å²) in [7, 11) is 0.360. The first kappa shape index (κ1) is 16.6. The molecular formula is C14H21N3O2S. The molecule has 0 radical (unpaired) electrons. The molecule has 0 aliphatic heterocycles. The van der Waals surface area contributed by atoms with Gasteiger partial charge in [0.2, 0.25) is 10.0 Å². The highest BCUT2D eigenvalue weighted by molar-refractivity contribution is 7.89. The topological polar surface area (TPSA) is 73.2 Å². The van der Waals surface area contributed by atoms with Crippen molar-refractivity contribution in [2.24, 2.45) is 0 Å². The number of hydrogen-bond donors (Lipinski definition) is 1. The van der Waals surface area contributed by atoms with E-state index >= 15 is 0 Å². The molecule has 1 atom stereocenters. The third-order valence-electron chi connectivity index (χ3n) is 2.96. The van der Waals surface area contributed by atoms with Crippen LogP contribution in [-0.2, 0) is 10.0 Å². The zero-order valence-electron chi connectivity index (χ0n) is 12.3. The van der Waals surface area contributed by atoms with Crippen molar-refractivity contribution in [1.29, 1.82) is 5.26 Å². The third-order valence-corrected chi connectivity index (χ3v) is 4.71. The van der Waals surface area contributed by atoms with Crippen molar-refractivity contribution in [3.63, 3.8) is 0 Å². The summed E-state index contributed by atoms with van der Waals surface area (Å²) in [5.74, 6) is 0. The maximum absolute atomic E-state index is 12.3. The second-order valence-corrected chi connectivity index (χ2v) is 6.89. The van der Waals surface area contributed by atoms with Gasteiger partial charge in [0.1, 0.15) is 0 Å². The minimum Gasteiger partial charge on any atom is -0.309 e. The molecule has 1 N–H and O–H groups in total. The Hall–Kier alpha value is -1.42. The minimum atomic E-state index is -3.54. The van der Waals surface area contributed by atoms with Gasteiger partial charge in [-0.1, -0.05) is 0 Å². The molecule has 0 spiro atoms. The zero-order valence-corrected chi connectivity index (χ0v) is 13.2. The van der Waals surface area contributed by atoms with E-state index in [1.54, 1.807) is 13.0 Å². The van der Waals surface area contributed by atoms with Gasteiger partial charge in [0, 0.05) is 6.04 Å². The Balaban J connectivity index is 2.87. The Morgan fingerprint density at radius 1 is 1.40 bits per heavy atom. The summed E-state index contributed by atoms with van der Waals surface area (Å²) in [6, 6.07) is 6.44. The van der Waals surface area contributed by atoms with Crippen LogP contribution in [0.25, 0.3) is 0 Å². The summed E-state index contributed by atoms with van der Waals surface area (Å²) < 4.78 is 27.3. The van der Waals surface area contributed by atoms with Crippen LogP contribution in [0.1, 0.15) is 24.5 Å². The molecule has 1 aromatic carbocycles. The first-order valence-electron chi connectivity index (χ1n) is 6.44. The fraction of sp³-hybridized carbons (Fsp3) is 0.500. The van der Waals surface area contributed by atoms with Crippen LogP contribution in [0.15, 0.2) is 23.1 Å². The quantitative estimate of drug-likeness (QED) is 0.863. The van der Waals surface area contributed by atoms with Crippen LogP contribution in [0.2, 0.25) is 0 Å². The number of nitriles is 1. The lowest BCUT2D eigenvalue weighted by atomic mass is 10.2. The molecule has 0 saturated heterocycles. The van der Waals surface area contributed by atoms with Crippen molar-refractivity contribution < 1.29 is 8.42 Å². The Bertz CT molecular complexity index is 603. The van der Waals surface area contributed by atoms with Gasteiger partial charge < -0.3 is 4.90 Å². The van der Waals surface area contributed by atoms with E-state index in [0.717, 1.165) is 13.0 Å². The van der Waals surface area contributed by atoms with Crippen LogP contribution in [0.5, 0.6) is 0 Å². The van der Waals surface area contributed by atoms with Crippen LogP contribution < -0.4 is 4.72 Å². The maximum Gasteiger partial charge on any atom is 0.241 e. The van der Waals surface area contributed by atoms with Gasteiger partial charge >= 0.3 is 0 Å². The summed E-state index contributed by atoms with van der Waals surface area (Å²) in [6.07, 6.45) is 0.738. The monoisotopic (exact) mass is 295 g/mol. The molecule has 0 bridgehead atoms. The largest absolute Gasteiger partial charge is 0.309 e. The van der Waals surface area contributed by atoms with Gasteiger partial charge in [-0.25, -0.2) is 13.1 Å². The van der Waals surface area contributed by atoms with E-state index in [9.17, 15) is 8.42 Å². The molecule has 1 aromatic rings. The predicted molar refractivity (Wildman–Crippen MR) is 78.8 cm³/mol. The van der Waals surface area contributed by atoms with E-state index in [4.69, 9.17) is 5.26 Å². The maximum atomic E-state index is 12.3. The highest BCUT2D eigenvalue weighted by Gasteiger charge is 2.19. The van der Waals surface area contributed by atoms with Crippen molar-refractivity contribution in [2.45, 2.75) is 31.2 Å². The molecule has 0 aliphatic rings. The van der Waals surface area contributed by atoms with Gasteiger partial charge in [0.05, 0.1) is 16.5 Å². The number of rotatable bonds is 6. The summed E-state index contributed by atoms with van der Waals surface area (Å²) in [4.78, 5) is 2.24. The van der Waals surface area contributed by atoms with Crippen molar-refractivity contribution in [2.75, 3.05) is 20.6 Å². The Kier molecular flexibility index (Phi) is 5.69. The Morgan fingerprint density at radius 3 is 2.55 bits per heavy atom. The molecule has 0 heterocycles. The van der Waals surface area contributed by atoms with Crippen LogP contribution in [0.4, 0.5) is 0 Å². The lowest BCUT2D eigenvalue weighted by Gasteiger charge is -2.17. The van der Waals surface area contributed by atoms with Gasteiger partial charge in [-0.15, -0.1) is 0 Å². The summed E-state index contributed by atoms with van der Waals surface area (Å²) in [6.45, 7) is 4.36. The first-order chi connectivity index (χ1) is 9.26. The highest BCUT2D eigenvalue weighted by atomic mass is 32.2. The van der Waals surface area contributed by atoms with Gasteiger partial charge in [-0.3, -0.25) is 0 Å². The van der Waals surface area contributed by atoms with Crippen LogP contribution in [0.3, 0.4) is 0 Å². The SMILES string of the molecule is Cc1cc(C#N)ccc1S(=O)(=O)NC(C)CCN(C)C. The fourth-order valence-corrected chi connectivity index (χ4v) is 3.36. The molecule has 110 valence electrons. The van der Waals surface area contributed by atoms with E-state index in [1.807, 2.05) is 32.0 Å². The zero-order chi connectivity index (χ0) is 15.3. The van der Waals surface area contributed by atoms with Crippen LogP contribution >= 0.6 is 0 Å². The number of nitrogens with zero attached hydrogens (tertiary/aromatic N) is 2. The summed E-state index contributed by atoms with van der Waals surface area (Å²) in [5.41, 5.74) is 1.04. The Morgan fingerprint density at radius 2 is 2.05 bits per heavy atom. The average molecular weight is 295 g/mol. The van der Waals surface area contributed by atoms with Crippen molar-refractivity contribution in [3.05, 3.63) is 29.3 Å². The van der Waals surface area contributed by atoms with Crippen molar-refractivity contribution >= 4 is 10.0 Å². The molecule has 0 aromatic heterocycles. The summed E-state index contributed by atoms with van der Waals surface area (Å²) in [5, 5.41) is 8.80. The highest BCUT2D eigenvalue weighted by Crippen LogP contribution is 2.17. The van der Waals surface area contributed by atoms with E-state index in [0.29, 0.717) is 11.1 Å². The Labute approximate surface area is 121 Å². The first-order valence-corrected chi connectivity index (χ1v) is 7.92. The lowest BCUT2D eigenvalue weighted by Crippen LogP contribution is -2.35. The van der Waals surface area contributed by atoms with Crippen LogP contribution in [0, 0.1) is 18.3 Å². The van der Waals surface area contributed by atoms with Gasteiger partial charge in [0.25, 0.3) is 0 Å². The number of benzene rings is 1. The summed E-state index contributed by atoms with van der Waals surface area (Å²) >= 11 is 0. The fourth-order valence-electron chi connectivity index (χ4n) is 1.86. The van der Waals surface area contributed by atoms with E-state index in [-0.39, 0.29) is 10.9 Å². The van der Waals surface area contributed by atoms with Gasteiger partial charge in [0.15, 0.2) is 0 Å². The second kappa shape index (κ2) is 6.84. The van der Waals surface area contributed by atoms with Gasteiger partial charge in [-0.05, 0) is 64.7 Å². The molecular weight excluding hydrogens is 274 g/mol. The molecule has 1 unspecified atom stereocenters. The molecule has 0 amide bonds. The minimum absolute atomic E-state index is 0.141. The predicted octanol–water partition coefficient (Wildman–Crippen LogP) is 1.49. The van der Waals surface area contributed by atoms with Crippen molar-refractivity contribution in [1.82, 2.24) is 9.62 Å². The van der Waals surface area contributed by atoms with E-state index in [2.05, 4.69) is 4.72 Å². The smallest absolute Gasteiger partial charge is 0.241 e. The molecule has 1 rings (SSSR count). The second-order valence-electron chi connectivity index (χ2n) is 5.21. The molecule has 5 nitrogen and oxygen atoms in total. The number of hydrogen-bond acceptors (Lipinski definition) is 4. The van der Waals surface area contributed by atoms with E-state index < -0.39 is 10.0 Å². The molecule has 0 aliphatic carbocycles.